The number of nitrogens with zero attached hydrogens (tertiary/aromatic N) is 8. The lowest BCUT2D eigenvalue weighted by Crippen LogP contribution is -2.39. The van der Waals surface area contributed by atoms with E-state index in [9.17, 15) is 19.6 Å². The number of aromatic nitrogens is 7. The van der Waals surface area contributed by atoms with Crippen molar-refractivity contribution in [2.75, 3.05) is 34.0 Å². The van der Waals surface area contributed by atoms with Gasteiger partial charge in [-0.1, -0.05) is 66.4 Å². The molecule has 20 heteroatoms. The third kappa shape index (κ3) is 12.4. The van der Waals surface area contributed by atoms with Crippen LogP contribution < -0.4 is 26.0 Å². The van der Waals surface area contributed by atoms with Crippen LogP contribution >= 0.6 is 8.53 Å². The molecule has 1 fully saturated rings. The zero-order chi connectivity index (χ0) is 50.5. The Kier molecular flexibility index (Phi) is 17.5. The van der Waals surface area contributed by atoms with Gasteiger partial charge in [-0.3, -0.25) is 24.1 Å². The number of carbonyl (C=O) groups is 1. The summed E-state index contributed by atoms with van der Waals surface area (Å²) in [5, 5.41) is 27.8. The summed E-state index contributed by atoms with van der Waals surface area (Å²) in [6.07, 6.45) is 0.451. The van der Waals surface area contributed by atoms with Gasteiger partial charge in [-0.15, -0.1) is 20.4 Å². The largest absolute Gasteiger partial charge is 0.497 e. The molecule has 7 rings (SSSR count). The third-order valence-corrected chi connectivity index (χ3v) is 13.5. The summed E-state index contributed by atoms with van der Waals surface area (Å²) < 4.78 is 41.9. The van der Waals surface area contributed by atoms with Crippen LogP contribution in [-0.4, -0.2) is 104 Å². The fourth-order valence-electron chi connectivity index (χ4n) is 8.02. The maximum absolute atomic E-state index is 13.7. The number of hydrogen-bond donors (Lipinski definition) is 2. The van der Waals surface area contributed by atoms with Crippen LogP contribution in [0.3, 0.4) is 0 Å². The number of ether oxygens (including phenoxy) is 4. The smallest absolute Gasteiger partial charge is 0.330 e. The SMILES string of the molecule is COc1ccc(C(OC[C@H]2O[C@@H](n3cc(C#CCNC(=O)c4ccc(-c5nnc(C)nn5)nc4)c(=O)[nH]c3=O)C[C@@H]2OP(OCCC#N)N(C(C)C)C(C)C)(c2ccccc2)c2ccc(OC)cc2)cc1. The Labute approximate surface area is 412 Å². The van der Waals surface area contributed by atoms with E-state index in [1.807, 2.05) is 107 Å². The molecule has 368 valence electrons. The highest BCUT2D eigenvalue weighted by atomic mass is 31.2. The summed E-state index contributed by atoms with van der Waals surface area (Å²) in [6.45, 7) is 9.77. The molecular formula is C51H55N10O9P. The number of carbonyl (C=O) groups excluding carboxylic acids is 1. The summed E-state index contributed by atoms with van der Waals surface area (Å²) >= 11 is 0. The Hall–Kier alpha value is -7.22. The normalized spacial score (nSPS) is 16.0. The number of rotatable bonds is 20. The predicted octanol–water partition coefficient (Wildman–Crippen LogP) is 6.24. The molecule has 2 N–H and O–H groups in total. The molecule has 0 saturated carbocycles. The van der Waals surface area contributed by atoms with Crippen molar-refractivity contribution in [2.24, 2.45) is 0 Å². The lowest BCUT2D eigenvalue weighted by molar-refractivity contribution is -0.0925. The summed E-state index contributed by atoms with van der Waals surface area (Å²) in [4.78, 5) is 46.5. The van der Waals surface area contributed by atoms with Crippen molar-refractivity contribution in [3.63, 3.8) is 0 Å². The standard InChI is InChI=1S/C51H55N10O9P/c1-33(2)61(34(3)4)71(68-28-12-26-52)70-44-29-46(60-31-37(49(63)55-50(60)64)13-11-27-53-48(62)36-16-25-43(54-30-36)47-58-56-35(5)57-59-47)69-45(44)32-67-51(38-14-9-8-10-15-38,39-17-21-41(65-6)22-18-39)40-19-23-42(66-7)24-20-40/h8-10,14-25,30-31,33-34,44-46H,12,27-29,32H2,1-7H3,(H,53,62)(H,55,63,64)/t44-,45+,46+,71?/m0/s1. The van der Waals surface area contributed by atoms with Crippen molar-refractivity contribution in [1.29, 1.82) is 5.26 Å². The number of hydrogen-bond acceptors (Lipinski definition) is 16. The van der Waals surface area contributed by atoms with Crippen molar-refractivity contribution in [3.05, 3.63) is 158 Å². The number of H-pyrrole nitrogens is 1. The number of methoxy groups -OCH3 is 2. The molecule has 0 radical (unpaired) electrons. The van der Waals surface area contributed by atoms with Crippen molar-refractivity contribution >= 4 is 14.4 Å². The van der Waals surface area contributed by atoms with Gasteiger partial charge in [-0.25, -0.2) is 9.46 Å². The van der Waals surface area contributed by atoms with Gasteiger partial charge in [-0.05, 0) is 87.7 Å². The number of pyridine rings is 1. The quantitative estimate of drug-likeness (QED) is 0.0373. The van der Waals surface area contributed by atoms with Gasteiger partial charge in [0.15, 0.2) is 5.82 Å². The maximum atomic E-state index is 13.7. The Morgan fingerprint density at radius 3 is 2.13 bits per heavy atom. The summed E-state index contributed by atoms with van der Waals surface area (Å²) in [6, 6.07) is 30.4. The maximum Gasteiger partial charge on any atom is 0.330 e. The molecule has 4 heterocycles. The van der Waals surface area contributed by atoms with Gasteiger partial charge < -0.3 is 33.3 Å². The van der Waals surface area contributed by atoms with Crippen LogP contribution in [0.5, 0.6) is 11.5 Å². The van der Waals surface area contributed by atoms with E-state index in [0.29, 0.717) is 23.0 Å². The second-order valence-corrected chi connectivity index (χ2v) is 18.2. The fourth-order valence-corrected chi connectivity index (χ4v) is 9.78. The molecule has 1 amide bonds. The Morgan fingerprint density at radius 2 is 1.55 bits per heavy atom. The lowest BCUT2D eigenvalue weighted by atomic mass is 9.80. The Bertz CT molecular complexity index is 2880. The van der Waals surface area contributed by atoms with Gasteiger partial charge in [-0.2, -0.15) is 5.26 Å². The predicted molar refractivity (Wildman–Crippen MR) is 263 cm³/mol. The highest BCUT2D eigenvalue weighted by Gasteiger charge is 2.45. The molecule has 0 aliphatic carbocycles. The van der Waals surface area contributed by atoms with Crippen LogP contribution in [0.4, 0.5) is 0 Å². The monoisotopic (exact) mass is 982 g/mol. The summed E-state index contributed by atoms with van der Waals surface area (Å²) in [5.41, 5.74) is 0.343. The second kappa shape index (κ2) is 24.1. The van der Waals surface area contributed by atoms with Gasteiger partial charge in [0.1, 0.15) is 40.7 Å². The van der Waals surface area contributed by atoms with Crippen LogP contribution in [0.15, 0.2) is 113 Å². The van der Waals surface area contributed by atoms with Crippen molar-refractivity contribution in [2.45, 2.75) is 83.6 Å². The summed E-state index contributed by atoms with van der Waals surface area (Å²) in [7, 11) is 1.43. The van der Waals surface area contributed by atoms with Gasteiger partial charge in [0.05, 0.1) is 58.1 Å². The highest BCUT2D eigenvalue weighted by molar-refractivity contribution is 7.44. The average molecular weight is 983 g/mol. The number of aryl methyl sites for hydroxylation is 1. The minimum atomic E-state index is -1.78. The van der Waals surface area contributed by atoms with Gasteiger partial charge in [0, 0.05) is 30.9 Å². The van der Waals surface area contributed by atoms with Gasteiger partial charge in [0.2, 0.25) is 5.82 Å². The zero-order valence-corrected chi connectivity index (χ0v) is 41.3. The van der Waals surface area contributed by atoms with Crippen LogP contribution in [0.25, 0.3) is 11.5 Å². The van der Waals surface area contributed by atoms with E-state index in [4.69, 9.17) is 28.0 Å². The van der Waals surface area contributed by atoms with Crippen LogP contribution in [-0.2, 0) is 24.1 Å². The molecule has 4 atom stereocenters. The molecule has 6 aromatic rings. The molecular weight excluding hydrogens is 928 g/mol. The van der Waals surface area contributed by atoms with E-state index in [1.165, 1.54) is 17.0 Å². The molecule has 1 aliphatic rings. The second-order valence-electron chi connectivity index (χ2n) is 16.8. The first kappa shape index (κ1) is 51.6. The molecule has 71 heavy (non-hydrogen) atoms. The van der Waals surface area contributed by atoms with Crippen molar-refractivity contribution in [3.8, 4) is 40.9 Å². The number of aromatic amines is 1. The Balaban J connectivity index is 1.20. The van der Waals surface area contributed by atoms with Crippen molar-refractivity contribution < 1.29 is 32.8 Å². The minimum absolute atomic E-state index is 0.00783. The number of nitriles is 1. The third-order valence-electron chi connectivity index (χ3n) is 11.4. The average Bonchev–Trinajstić information content (AvgIpc) is 3.78. The first-order valence-electron chi connectivity index (χ1n) is 22.9. The van der Waals surface area contributed by atoms with Gasteiger partial charge in [0.25, 0.3) is 20.0 Å². The molecule has 3 aromatic heterocycles. The van der Waals surface area contributed by atoms with E-state index >= 15 is 0 Å². The van der Waals surface area contributed by atoms with E-state index < -0.39 is 49.7 Å². The Morgan fingerprint density at radius 1 is 0.915 bits per heavy atom. The molecule has 0 bridgehead atoms. The molecule has 19 nitrogen and oxygen atoms in total. The zero-order valence-electron chi connectivity index (χ0n) is 40.4. The lowest BCUT2D eigenvalue weighted by Gasteiger charge is -2.39. The molecule has 1 aliphatic heterocycles. The first-order valence-corrected chi connectivity index (χ1v) is 24.0. The topological polar surface area (TPSA) is 231 Å². The van der Waals surface area contributed by atoms with E-state index in [1.54, 1.807) is 33.3 Å². The number of benzene rings is 3. The van der Waals surface area contributed by atoms with Crippen LogP contribution in [0.2, 0.25) is 0 Å². The molecule has 0 spiro atoms. The van der Waals surface area contributed by atoms with E-state index in [-0.39, 0.29) is 61.6 Å². The minimum Gasteiger partial charge on any atom is -0.497 e. The number of nitrogens with one attached hydrogen (secondary N) is 2. The van der Waals surface area contributed by atoms with Crippen molar-refractivity contribution in [1.82, 2.24) is 44.9 Å². The van der Waals surface area contributed by atoms with Crippen LogP contribution in [0, 0.1) is 30.1 Å². The first-order chi connectivity index (χ1) is 34.3. The van der Waals surface area contributed by atoms with E-state index in [2.05, 4.69) is 58.3 Å². The highest BCUT2D eigenvalue weighted by Crippen LogP contribution is 2.50. The number of amides is 1. The fraction of sp³-hybridized carbons (Fsp3) is 0.353. The molecule has 3 aromatic carbocycles. The van der Waals surface area contributed by atoms with Gasteiger partial charge >= 0.3 is 5.69 Å². The molecule has 1 unspecified atom stereocenters. The molecule has 1 saturated heterocycles. The van der Waals surface area contributed by atoms with E-state index in [0.717, 1.165) is 16.7 Å². The summed E-state index contributed by atoms with van der Waals surface area (Å²) in [5.74, 6) is 7.09. The van der Waals surface area contributed by atoms with Crippen LogP contribution in [0.1, 0.15) is 85.2 Å².